The summed E-state index contributed by atoms with van der Waals surface area (Å²) >= 11 is -7.88. The van der Waals surface area contributed by atoms with Crippen molar-refractivity contribution in [2.45, 2.75) is 0 Å². The van der Waals surface area contributed by atoms with Crippen molar-refractivity contribution >= 4 is 45.9 Å². The summed E-state index contributed by atoms with van der Waals surface area (Å²) in [4.78, 5) is 0. The van der Waals surface area contributed by atoms with E-state index in [1.807, 2.05) is 36.4 Å². The van der Waals surface area contributed by atoms with Crippen LogP contribution in [-0.4, -0.2) is 0 Å². The number of hydrogen-bond donors (Lipinski definition) is 2. The van der Waals surface area contributed by atoms with Gasteiger partial charge in [0.25, 0.3) is 0 Å². The maximum absolute atomic E-state index is 8.56. The van der Waals surface area contributed by atoms with E-state index < -0.39 is 44.9 Å². The van der Waals surface area contributed by atoms with Gasteiger partial charge in [-0.3, -0.25) is 10.3 Å². The molecule has 0 bridgehead atoms. The molecule has 0 aliphatic heterocycles. The Morgan fingerprint density at radius 2 is 0.417 bits per heavy atom. The predicted octanol–water partition coefficient (Wildman–Crippen LogP) is 0.988. The van der Waals surface area contributed by atoms with Crippen molar-refractivity contribution in [1.29, 1.82) is 0 Å². The van der Waals surface area contributed by atoms with Crippen LogP contribution in [0.4, 0.5) is 0 Å². The minimum atomic E-state index is -3.94. The summed E-state index contributed by atoms with van der Waals surface area (Å²) in [5.74, 6) is 0. The van der Waals surface area contributed by atoms with Gasteiger partial charge in [-0.15, -0.1) is 0 Å². The average molecular weight is 755 g/mol. The van der Waals surface area contributed by atoms with Gasteiger partial charge in [-0.05, 0) is 72.8 Å². The van der Waals surface area contributed by atoms with E-state index in [4.69, 9.17) is 33.1 Å². The van der Waals surface area contributed by atoms with E-state index in [1.54, 1.807) is 0 Å². The molecule has 0 amide bonds. The number of nitrogens with two attached hydrogens (primary N) is 2. The molecule has 48 heavy (non-hydrogen) atoms. The molecule has 4 N–H and O–H groups in total. The fraction of sp³-hybridized carbons (Fsp3) is 0. The zero-order chi connectivity index (χ0) is 34.8. The second kappa shape index (κ2) is 19.8. The summed E-state index contributed by atoms with van der Waals surface area (Å²) < 4.78 is 51.4. The molecule has 12 heteroatoms. The molecule has 0 aliphatic carbocycles. The predicted molar refractivity (Wildman–Crippen MR) is 177 cm³/mol. The third kappa shape index (κ3) is 11.1. The first-order valence-electron chi connectivity index (χ1n) is 14.4. The summed E-state index contributed by atoms with van der Waals surface area (Å²) in [5, 5.41) is 21.2. The fourth-order valence-corrected chi connectivity index (χ4v) is 10.5. The Hall–Kier alpha value is -3.93. The van der Waals surface area contributed by atoms with E-state index >= 15 is 0 Å². The van der Waals surface area contributed by atoms with Crippen molar-refractivity contribution in [3.8, 4) is 0 Å². The van der Waals surface area contributed by atoms with Crippen LogP contribution in [-0.2, 0) is 45.5 Å². The molecule has 0 aliphatic rings. The van der Waals surface area contributed by atoms with Crippen molar-refractivity contribution < 1.29 is 63.9 Å². The summed E-state index contributed by atoms with van der Waals surface area (Å²) in [5.41, 5.74) is 0. The molecule has 6 rings (SSSR count). The first-order chi connectivity index (χ1) is 23.1. The molecule has 0 heterocycles. The van der Waals surface area contributed by atoms with Gasteiger partial charge in [0, 0.05) is 31.8 Å². The zero-order valence-corrected chi connectivity index (χ0v) is 30.3. The molecule has 6 aromatic carbocycles. The molecule has 0 saturated heterocycles. The van der Waals surface area contributed by atoms with Crippen LogP contribution in [0.3, 0.4) is 0 Å². The third-order valence-corrected chi connectivity index (χ3v) is 13.7. The molecule has 0 fully saturated rings. The quantitative estimate of drug-likeness (QED) is 0.241. The molecule has 0 unspecified atom stereocenters. The van der Waals surface area contributed by atoms with E-state index in [0.29, 0.717) is 0 Å². The molecule has 6 aromatic rings. The monoisotopic (exact) mass is 754 g/mol. The first kappa shape index (κ1) is 38.5. The summed E-state index contributed by atoms with van der Waals surface area (Å²) in [6.45, 7) is 0. The SMILES string of the molecule is [NH2+]=P(c1ccccc1)(c1ccccc1)c1ccccc1.[NH2+]=P(c1ccccc1)(c1ccccc1)c1ccccc1.[O]=[V](=[O])[O-].[O]=[V](=[O])[O-]. The molecule has 244 valence electrons. The van der Waals surface area contributed by atoms with Crippen LogP contribution in [0.2, 0.25) is 0 Å². The molecule has 0 saturated carbocycles. The van der Waals surface area contributed by atoms with E-state index in [-0.39, 0.29) is 0 Å². The van der Waals surface area contributed by atoms with Gasteiger partial charge in [0.2, 0.25) is 0 Å². The van der Waals surface area contributed by atoms with Gasteiger partial charge in [0.05, 0.1) is 0 Å². The minimum absolute atomic E-state index is 1.21. The van der Waals surface area contributed by atoms with Crippen LogP contribution < -0.4 is 50.2 Å². The van der Waals surface area contributed by atoms with Gasteiger partial charge < -0.3 is 0 Å². The summed E-state index contributed by atoms with van der Waals surface area (Å²) in [7, 11) is -4.05. The van der Waals surface area contributed by atoms with Crippen LogP contribution in [0, 0.1) is 0 Å². The average Bonchev–Trinajstić information content (AvgIpc) is 3.13. The molecule has 8 nitrogen and oxygen atoms in total. The number of hydrogen-bond acceptors (Lipinski definition) is 6. The van der Waals surface area contributed by atoms with Crippen molar-refractivity contribution in [3.63, 3.8) is 0 Å². The van der Waals surface area contributed by atoms with Crippen LogP contribution in [0.1, 0.15) is 0 Å². The Morgan fingerprint density at radius 1 is 0.312 bits per heavy atom. The summed E-state index contributed by atoms with van der Waals surface area (Å²) in [6, 6.07) is 62.5. The molecular formula is C36H34N2O6P2V2. The van der Waals surface area contributed by atoms with E-state index in [9.17, 15) is 0 Å². The second-order valence-corrected chi connectivity index (χ2v) is 17.3. The van der Waals surface area contributed by atoms with Gasteiger partial charge in [-0.25, -0.2) is 0 Å². The Labute approximate surface area is 290 Å². The molecule has 0 spiro atoms. The summed E-state index contributed by atoms with van der Waals surface area (Å²) in [6.07, 6.45) is 0. The standard InChI is InChI=1S/2C18H16NP.6O.2V/c2*19-20(16-10-4-1-5-11-16,17-12-6-2-7-13-17)18-14-8-3-9-15-18;;;;;;;;/h2*1-15,19H;;;;;;;;/q;;;;;;2*-1;;/p+2. The van der Waals surface area contributed by atoms with Gasteiger partial charge in [-0.1, -0.05) is 109 Å². The van der Waals surface area contributed by atoms with Crippen molar-refractivity contribution in [1.82, 2.24) is 0 Å². The Bertz CT molecular complexity index is 1690. The molecule has 0 atom stereocenters. The topological polar surface area (TPSA) is 166 Å². The van der Waals surface area contributed by atoms with Gasteiger partial charge in [0.15, 0.2) is 14.1 Å². The van der Waals surface area contributed by atoms with Crippen LogP contribution >= 0.6 is 14.1 Å². The molecular weight excluding hydrogens is 720 g/mol. The Morgan fingerprint density at radius 3 is 0.521 bits per heavy atom. The van der Waals surface area contributed by atoms with Crippen LogP contribution in [0.15, 0.2) is 182 Å². The zero-order valence-electron chi connectivity index (χ0n) is 25.7. The van der Waals surface area contributed by atoms with Gasteiger partial charge in [0.1, 0.15) is 0 Å². The van der Waals surface area contributed by atoms with Gasteiger partial charge >= 0.3 is 53.6 Å². The molecule has 0 radical (unpaired) electrons. The number of rotatable bonds is 6. The first-order valence-corrected chi connectivity index (χ1v) is 21.6. The Balaban J connectivity index is 0.000000213. The van der Waals surface area contributed by atoms with E-state index in [0.717, 1.165) is 0 Å². The van der Waals surface area contributed by atoms with Crippen molar-refractivity contribution in [2.75, 3.05) is 0 Å². The number of benzene rings is 6. The normalized spacial score (nSPS) is 10.4. The van der Waals surface area contributed by atoms with Crippen molar-refractivity contribution in [2.24, 2.45) is 0 Å². The van der Waals surface area contributed by atoms with E-state index in [2.05, 4.69) is 146 Å². The molecule has 0 aromatic heterocycles. The van der Waals surface area contributed by atoms with Crippen LogP contribution in [0.5, 0.6) is 0 Å². The fourth-order valence-electron chi connectivity index (χ4n) is 4.87. The van der Waals surface area contributed by atoms with Gasteiger partial charge in [-0.2, -0.15) is 0 Å². The van der Waals surface area contributed by atoms with E-state index in [1.165, 1.54) is 31.8 Å². The Kier molecular flexibility index (Phi) is 15.9. The third-order valence-electron chi connectivity index (χ3n) is 6.98. The van der Waals surface area contributed by atoms with Crippen molar-refractivity contribution in [3.05, 3.63) is 182 Å². The van der Waals surface area contributed by atoms with Crippen LogP contribution in [0.25, 0.3) is 0 Å². The second-order valence-electron chi connectivity index (χ2n) is 9.91. The maximum atomic E-state index is 8.56.